The minimum atomic E-state index is -3.68. The predicted octanol–water partition coefficient (Wildman–Crippen LogP) is 1.91. The van der Waals surface area contributed by atoms with Crippen molar-refractivity contribution in [2.24, 2.45) is 0 Å². The Morgan fingerprint density at radius 1 is 1.12 bits per heavy atom. The number of ether oxygens (including phenoxy) is 2. The summed E-state index contributed by atoms with van der Waals surface area (Å²) in [4.78, 5) is 28.3. The van der Waals surface area contributed by atoms with Gasteiger partial charge in [-0.15, -0.1) is 0 Å². The van der Waals surface area contributed by atoms with Gasteiger partial charge in [-0.25, -0.2) is 8.42 Å². The van der Waals surface area contributed by atoms with E-state index in [-0.39, 0.29) is 25.0 Å². The van der Waals surface area contributed by atoms with Crippen molar-refractivity contribution in [1.29, 1.82) is 0 Å². The van der Waals surface area contributed by atoms with Crippen molar-refractivity contribution in [3.05, 3.63) is 18.2 Å². The molecule has 1 aromatic rings. The number of sulfonamides is 1. The average Bonchev–Trinajstić information content (AvgIpc) is 3.01. The van der Waals surface area contributed by atoms with Gasteiger partial charge in [-0.05, 0) is 31.9 Å². The van der Waals surface area contributed by atoms with Crippen molar-refractivity contribution < 1.29 is 27.5 Å². The fourth-order valence-electron chi connectivity index (χ4n) is 4.51. The summed E-state index contributed by atoms with van der Waals surface area (Å²) in [6, 6.07) is 4.97. The second kappa shape index (κ2) is 9.66. The van der Waals surface area contributed by atoms with Gasteiger partial charge in [0.1, 0.15) is 17.0 Å². The number of benzene rings is 1. The van der Waals surface area contributed by atoms with E-state index in [4.69, 9.17) is 9.47 Å². The lowest BCUT2D eigenvalue weighted by Gasteiger charge is -2.47. The lowest BCUT2D eigenvalue weighted by Crippen LogP contribution is -2.70. The average molecular weight is 468 g/mol. The number of piperazine rings is 1. The highest BCUT2D eigenvalue weighted by atomic mass is 32.2. The van der Waals surface area contributed by atoms with Crippen LogP contribution in [0.1, 0.15) is 45.4 Å². The Balaban J connectivity index is 2.03. The number of nitrogens with one attached hydrogen (secondary N) is 1. The van der Waals surface area contributed by atoms with Crippen LogP contribution in [0.25, 0.3) is 0 Å². The minimum Gasteiger partial charge on any atom is -0.497 e. The van der Waals surface area contributed by atoms with Crippen LogP contribution in [0.2, 0.25) is 0 Å². The summed E-state index contributed by atoms with van der Waals surface area (Å²) in [5.41, 5.74) is -1.06. The number of hydrogen-bond acceptors (Lipinski definition) is 6. The van der Waals surface area contributed by atoms with E-state index >= 15 is 0 Å². The van der Waals surface area contributed by atoms with Crippen molar-refractivity contribution in [3.63, 3.8) is 0 Å². The number of carbonyl (C=O) groups is 2. The number of nitrogens with zero attached hydrogens (tertiary/aromatic N) is 2. The highest BCUT2D eigenvalue weighted by molar-refractivity contribution is 7.88. The Hall–Kier alpha value is -2.33. The molecule has 3 rings (SSSR count). The van der Waals surface area contributed by atoms with Crippen LogP contribution in [-0.4, -0.2) is 69.7 Å². The van der Waals surface area contributed by atoms with E-state index in [0.29, 0.717) is 17.2 Å². The zero-order valence-corrected chi connectivity index (χ0v) is 20.0. The van der Waals surface area contributed by atoms with E-state index in [9.17, 15) is 18.0 Å². The third-order valence-corrected chi connectivity index (χ3v) is 7.51. The second-order valence-corrected chi connectivity index (χ2v) is 10.7. The van der Waals surface area contributed by atoms with Crippen molar-refractivity contribution in [2.75, 3.05) is 38.5 Å². The maximum atomic E-state index is 13.6. The number of amides is 2. The molecule has 1 aromatic carbocycles. The SMILES string of the molecule is COc1ccc(N2C(=O)CN(S(C)(=O)=O)CC2(C)C(=O)NC2CCCCCC2)c(OC)c1. The topological polar surface area (TPSA) is 105 Å². The maximum absolute atomic E-state index is 13.6. The number of rotatable bonds is 6. The van der Waals surface area contributed by atoms with E-state index in [1.807, 2.05) is 0 Å². The van der Waals surface area contributed by atoms with Crippen molar-refractivity contribution >= 4 is 27.5 Å². The maximum Gasteiger partial charge on any atom is 0.247 e. The third kappa shape index (κ3) is 5.01. The summed E-state index contributed by atoms with van der Waals surface area (Å²) < 4.78 is 36.4. The van der Waals surface area contributed by atoms with Crippen LogP contribution in [0.15, 0.2) is 18.2 Å². The summed E-state index contributed by atoms with van der Waals surface area (Å²) in [5.74, 6) is 0.0315. The zero-order valence-electron chi connectivity index (χ0n) is 19.2. The highest BCUT2D eigenvalue weighted by Crippen LogP contribution is 2.38. The van der Waals surface area contributed by atoms with Gasteiger partial charge in [-0.2, -0.15) is 4.31 Å². The van der Waals surface area contributed by atoms with E-state index in [0.717, 1.165) is 49.1 Å². The van der Waals surface area contributed by atoms with Crippen LogP contribution in [0.4, 0.5) is 5.69 Å². The van der Waals surface area contributed by atoms with Gasteiger partial charge in [0.2, 0.25) is 21.8 Å². The van der Waals surface area contributed by atoms with Gasteiger partial charge in [0.25, 0.3) is 0 Å². The molecule has 2 fully saturated rings. The summed E-state index contributed by atoms with van der Waals surface area (Å²) >= 11 is 0. The lowest BCUT2D eigenvalue weighted by atomic mass is 9.93. The Labute approximate surface area is 190 Å². The Kier molecular flexibility index (Phi) is 7.34. The fourth-order valence-corrected chi connectivity index (χ4v) is 5.34. The first-order valence-electron chi connectivity index (χ1n) is 10.9. The molecule has 1 heterocycles. The Morgan fingerprint density at radius 2 is 1.78 bits per heavy atom. The van der Waals surface area contributed by atoms with E-state index in [2.05, 4.69) is 5.32 Å². The molecule has 32 heavy (non-hydrogen) atoms. The molecule has 1 atom stereocenters. The lowest BCUT2D eigenvalue weighted by molar-refractivity contribution is -0.133. The normalized spacial score (nSPS) is 23.5. The summed E-state index contributed by atoms with van der Waals surface area (Å²) in [7, 11) is -0.686. The highest BCUT2D eigenvalue weighted by Gasteiger charge is 2.51. The molecule has 2 amide bonds. The second-order valence-electron chi connectivity index (χ2n) is 8.73. The number of hydrogen-bond donors (Lipinski definition) is 1. The van der Waals surface area contributed by atoms with Crippen LogP contribution in [0.5, 0.6) is 11.5 Å². The number of methoxy groups -OCH3 is 2. The first kappa shape index (κ1) is 24.3. The van der Waals surface area contributed by atoms with Crippen LogP contribution >= 0.6 is 0 Å². The molecule has 1 N–H and O–H groups in total. The van der Waals surface area contributed by atoms with Crippen molar-refractivity contribution in [2.45, 2.75) is 57.0 Å². The molecule has 178 valence electrons. The van der Waals surface area contributed by atoms with Gasteiger partial charge in [-0.3, -0.25) is 14.5 Å². The van der Waals surface area contributed by atoms with Gasteiger partial charge in [0.15, 0.2) is 0 Å². The van der Waals surface area contributed by atoms with E-state index in [1.54, 1.807) is 25.1 Å². The monoisotopic (exact) mass is 467 g/mol. The predicted molar refractivity (Wildman–Crippen MR) is 121 cm³/mol. The molecule has 9 nitrogen and oxygen atoms in total. The van der Waals surface area contributed by atoms with Gasteiger partial charge in [0.05, 0.1) is 32.7 Å². The van der Waals surface area contributed by atoms with Crippen LogP contribution in [-0.2, 0) is 19.6 Å². The molecule has 0 aromatic heterocycles. The molecule has 10 heteroatoms. The van der Waals surface area contributed by atoms with Crippen LogP contribution in [0.3, 0.4) is 0 Å². The molecule has 1 saturated carbocycles. The molecular weight excluding hydrogens is 434 g/mol. The molecule has 1 unspecified atom stereocenters. The molecular formula is C22H33N3O6S. The first-order valence-corrected chi connectivity index (χ1v) is 12.8. The van der Waals surface area contributed by atoms with Gasteiger partial charge >= 0.3 is 0 Å². The molecule has 1 aliphatic heterocycles. The molecule has 0 radical (unpaired) electrons. The van der Waals surface area contributed by atoms with Crippen molar-refractivity contribution in [3.8, 4) is 11.5 Å². The summed E-state index contributed by atoms with van der Waals surface area (Å²) in [5, 5.41) is 3.10. The van der Waals surface area contributed by atoms with E-state index in [1.165, 1.54) is 19.1 Å². The summed E-state index contributed by atoms with van der Waals surface area (Å²) in [6.07, 6.45) is 7.14. The Bertz CT molecular complexity index is 958. The van der Waals surface area contributed by atoms with Crippen LogP contribution < -0.4 is 19.7 Å². The van der Waals surface area contributed by atoms with E-state index < -0.39 is 21.5 Å². The van der Waals surface area contributed by atoms with Gasteiger partial charge in [0, 0.05) is 18.7 Å². The Morgan fingerprint density at radius 3 is 2.34 bits per heavy atom. The molecule has 0 bridgehead atoms. The third-order valence-electron chi connectivity index (χ3n) is 6.32. The molecule has 2 aliphatic rings. The standard InChI is InChI=1S/C22H33N3O6S/c1-22(21(27)23-16-9-7-5-6-8-10-16)15-24(32(4,28)29)14-20(26)25(22)18-12-11-17(30-2)13-19(18)31-3/h11-13,16H,5-10,14-15H2,1-4H3,(H,23,27). The zero-order chi connectivity index (χ0) is 23.5. The summed E-state index contributed by atoms with van der Waals surface area (Å²) in [6.45, 7) is 1.11. The molecule has 1 aliphatic carbocycles. The number of carbonyl (C=O) groups excluding carboxylic acids is 2. The van der Waals surface area contributed by atoms with Crippen LogP contribution in [0, 0.1) is 0 Å². The first-order chi connectivity index (χ1) is 15.1. The largest absolute Gasteiger partial charge is 0.497 e. The quantitative estimate of drug-likeness (QED) is 0.641. The number of anilines is 1. The molecule has 0 spiro atoms. The van der Waals surface area contributed by atoms with Gasteiger partial charge < -0.3 is 14.8 Å². The molecule has 1 saturated heterocycles. The minimum absolute atomic E-state index is 0.00477. The van der Waals surface area contributed by atoms with Crippen molar-refractivity contribution in [1.82, 2.24) is 9.62 Å². The van der Waals surface area contributed by atoms with Gasteiger partial charge in [-0.1, -0.05) is 25.7 Å². The smallest absolute Gasteiger partial charge is 0.247 e. The fraction of sp³-hybridized carbons (Fsp3) is 0.636.